The normalized spacial score (nSPS) is 10.6. The third-order valence-electron chi connectivity index (χ3n) is 2.40. The minimum Gasteiger partial charge on any atom is -0.506 e. The number of nitrogens with one attached hydrogen (secondary N) is 1. The number of aromatic hydroxyl groups is 1. The van der Waals surface area contributed by atoms with Gasteiger partial charge >= 0.3 is 5.63 Å². The molecule has 0 fully saturated rings. The molecule has 2 rings (SSSR count). The quantitative estimate of drug-likeness (QED) is 0.507. The van der Waals surface area contributed by atoms with Gasteiger partial charge in [0.1, 0.15) is 11.3 Å². The molecule has 0 aliphatic heterocycles. The van der Waals surface area contributed by atoms with Crippen molar-refractivity contribution in [2.24, 2.45) is 0 Å². The maximum absolute atomic E-state index is 11.3. The number of amides is 1. The Morgan fingerprint density at radius 2 is 2.17 bits per heavy atom. The van der Waals surface area contributed by atoms with Gasteiger partial charge in [-0.05, 0) is 11.6 Å². The second-order valence-corrected chi connectivity index (χ2v) is 4.33. The standard InChI is InChI=1S/C12H10BrNO4/c1-6(15)14-9-3-8-7(5-13)2-12(17)18-11(8)4-10(9)16/h2-4,16H,5H2,1H3,(H,14,15). The van der Waals surface area contributed by atoms with Crippen molar-refractivity contribution in [2.75, 3.05) is 5.32 Å². The summed E-state index contributed by atoms with van der Waals surface area (Å²) < 4.78 is 5.00. The van der Waals surface area contributed by atoms with Gasteiger partial charge in [0.05, 0.1) is 5.69 Å². The Hall–Kier alpha value is -1.82. The zero-order valence-electron chi connectivity index (χ0n) is 9.49. The molecule has 1 aromatic heterocycles. The number of anilines is 1. The van der Waals surface area contributed by atoms with E-state index in [1.807, 2.05) is 0 Å². The Bertz CT molecular complexity index is 678. The molecule has 0 radical (unpaired) electrons. The molecule has 2 N–H and O–H groups in total. The van der Waals surface area contributed by atoms with Gasteiger partial charge in [-0.15, -0.1) is 0 Å². The fraction of sp³-hybridized carbons (Fsp3) is 0.167. The summed E-state index contributed by atoms with van der Waals surface area (Å²) in [6, 6.07) is 4.26. The van der Waals surface area contributed by atoms with E-state index >= 15 is 0 Å². The van der Waals surface area contributed by atoms with Crippen molar-refractivity contribution in [1.82, 2.24) is 0 Å². The van der Waals surface area contributed by atoms with Gasteiger partial charge in [-0.3, -0.25) is 4.79 Å². The number of halogens is 1. The van der Waals surface area contributed by atoms with Crippen LogP contribution >= 0.6 is 15.9 Å². The average molecular weight is 312 g/mol. The predicted molar refractivity (Wildman–Crippen MR) is 71.1 cm³/mol. The first-order valence-electron chi connectivity index (χ1n) is 5.14. The molecular weight excluding hydrogens is 302 g/mol. The van der Waals surface area contributed by atoms with E-state index in [-0.39, 0.29) is 22.9 Å². The maximum atomic E-state index is 11.3. The summed E-state index contributed by atoms with van der Waals surface area (Å²) in [5, 5.41) is 13.4. The van der Waals surface area contributed by atoms with Crippen molar-refractivity contribution < 1.29 is 14.3 Å². The maximum Gasteiger partial charge on any atom is 0.336 e. The van der Waals surface area contributed by atoms with E-state index in [0.29, 0.717) is 10.7 Å². The molecule has 0 bridgehead atoms. The van der Waals surface area contributed by atoms with Crippen molar-refractivity contribution in [2.45, 2.75) is 12.3 Å². The van der Waals surface area contributed by atoms with Gasteiger partial charge in [0.25, 0.3) is 0 Å². The van der Waals surface area contributed by atoms with Crippen LogP contribution in [0.15, 0.2) is 27.4 Å². The lowest BCUT2D eigenvalue weighted by molar-refractivity contribution is -0.114. The van der Waals surface area contributed by atoms with Crippen molar-refractivity contribution in [1.29, 1.82) is 0 Å². The van der Waals surface area contributed by atoms with E-state index < -0.39 is 5.63 Å². The Labute approximate surface area is 111 Å². The number of fused-ring (bicyclic) bond motifs is 1. The molecule has 0 spiro atoms. The fourth-order valence-electron chi connectivity index (χ4n) is 1.66. The molecule has 2 aromatic rings. The number of hydrogen-bond acceptors (Lipinski definition) is 4. The molecule has 0 aliphatic carbocycles. The monoisotopic (exact) mass is 311 g/mol. The summed E-state index contributed by atoms with van der Waals surface area (Å²) in [6.07, 6.45) is 0. The Morgan fingerprint density at radius 3 is 2.78 bits per heavy atom. The number of hydrogen-bond donors (Lipinski definition) is 2. The smallest absolute Gasteiger partial charge is 0.336 e. The lowest BCUT2D eigenvalue weighted by atomic mass is 10.1. The third-order valence-corrected chi connectivity index (χ3v) is 3.01. The molecule has 1 amide bonds. The van der Waals surface area contributed by atoms with Crippen molar-refractivity contribution in [3.05, 3.63) is 34.2 Å². The minimum absolute atomic E-state index is 0.146. The Balaban J connectivity index is 2.72. The van der Waals surface area contributed by atoms with Crippen LogP contribution < -0.4 is 10.9 Å². The summed E-state index contributed by atoms with van der Waals surface area (Å²) in [6.45, 7) is 1.35. The Morgan fingerprint density at radius 1 is 1.44 bits per heavy atom. The number of carbonyl (C=O) groups excluding carboxylic acids is 1. The van der Waals surface area contributed by atoms with E-state index in [9.17, 15) is 14.7 Å². The summed E-state index contributed by atoms with van der Waals surface area (Å²) in [5.74, 6) is -0.435. The highest BCUT2D eigenvalue weighted by atomic mass is 79.9. The minimum atomic E-state index is -0.483. The third kappa shape index (κ3) is 2.38. The number of alkyl halides is 1. The molecule has 18 heavy (non-hydrogen) atoms. The first-order valence-corrected chi connectivity index (χ1v) is 6.26. The average Bonchev–Trinajstić information content (AvgIpc) is 2.29. The zero-order chi connectivity index (χ0) is 13.3. The first kappa shape index (κ1) is 12.6. The molecular formula is C12H10BrNO4. The molecule has 1 heterocycles. The summed E-state index contributed by atoms with van der Waals surface area (Å²) >= 11 is 3.28. The Kier molecular flexibility index (Phi) is 3.38. The second-order valence-electron chi connectivity index (χ2n) is 3.77. The highest BCUT2D eigenvalue weighted by Gasteiger charge is 2.10. The molecule has 0 saturated carbocycles. The number of phenols is 1. The van der Waals surface area contributed by atoms with Crippen LogP contribution in [0.3, 0.4) is 0 Å². The lowest BCUT2D eigenvalue weighted by Gasteiger charge is -2.08. The van der Waals surface area contributed by atoms with Crippen LogP contribution in [0.25, 0.3) is 11.0 Å². The van der Waals surface area contributed by atoms with E-state index in [0.717, 1.165) is 5.56 Å². The topological polar surface area (TPSA) is 79.5 Å². The van der Waals surface area contributed by atoms with Gasteiger partial charge in [-0.1, -0.05) is 15.9 Å². The highest BCUT2D eigenvalue weighted by Crippen LogP contribution is 2.31. The van der Waals surface area contributed by atoms with Crippen LogP contribution in [0.4, 0.5) is 5.69 Å². The van der Waals surface area contributed by atoms with Gasteiger partial charge < -0.3 is 14.8 Å². The molecule has 94 valence electrons. The first-order chi connectivity index (χ1) is 8.51. The fourth-order valence-corrected chi connectivity index (χ4v) is 2.13. The predicted octanol–water partition coefficient (Wildman–Crippen LogP) is 2.35. The number of benzene rings is 1. The van der Waals surface area contributed by atoms with E-state index in [2.05, 4.69) is 21.2 Å². The van der Waals surface area contributed by atoms with Crippen LogP contribution in [0.5, 0.6) is 5.75 Å². The summed E-state index contributed by atoms with van der Waals surface area (Å²) in [5.41, 5.74) is 0.811. The van der Waals surface area contributed by atoms with Crippen molar-refractivity contribution in [3.8, 4) is 5.75 Å². The lowest BCUT2D eigenvalue weighted by Crippen LogP contribution is -2.06. The number of rotatable bonds is 2. The molecule has 0 atom stereocenters. The molecule has 0 unspecified atom stereocenters. The van der Waals surface area contributed by atoms with Crippen LogP contribution in [0.1, 0.15) is 12.5 Å². The van der Waals surface area contributed by atoms with E-state index in [4.69, 9.17) is 4.42 Å². The van der Waals surface area contributed by atoms with Gasteiger partial charge in [-0.2, -0.15) is 0 Å². The van der Waals surface area contributed by atoms with Crippen LogP contribution in [0.2, 0.25) is 0 Å². The molecule has 1 aromatic carbocycles. The SMILES string of the molecule is CC(=O)Nc1cc2c(CBr)cc(=O)oc2cc1O. The van der Waals surface area contributed by atoms with E-state index in [1.165, 1.54) is 19.1 Å². The summed E-state index contributed by atoms with van der Waals surface area (Å²) in [7, 11) is 0. The van der Waals surface area contributed by atoms with Gasteiger partial charge in [0.2, 0.25) is 5.91 Å². The van der Waals surface area contributed by atoms with Gasteiger partial charge in [0, 0.05) is 29.8 Å². The molecule has 6 heteroatoms. The zero-order valence-corrected chi connectivity index (χ0v) is 11.1. The largest absolute Gasteiger partial charge is 0.506 e. The van der Waals surface area contributed by atoms with E-state index in [1.54, 1.807) is 6.07 Å². The van der Waals surface area contributed by atoms with Crippen molar-refractivity contribution in [3.63, 3.8) is 0 Å². The number of phenolic OH excluding ortho intramolecular Hbond substituents is 1. The molecule has 0 saturated heterocycles. The van der Waals surface area contributed by atoms with Crippen LogP contribution in [0, 0.1) is 0 Å². The molecule has 0 aliphatic rings. The highest BCUT2D eigenvalue weighted by molar-refractivity contribution is 9.08. The van der Waals surface area contributed by atoms with Crippen LogP contribution in [-0.2, 0) is 10.1 Å². The van der Waals surface area contributed by atoms with Gasteiger partial charge in [0.15, 0.2) is 0 Å². The van der Waals surface area contributed by atoms with Crippen LogP contribution in [-0.4, -0.2) is 11.0 Å². The number of carbonyl (C=O) groups is 1. The second kappa shape index (κ2) is 4.81. The molecule has 5 nitrogen and oxygen atoms in total. The van der Waals surface area contributed by atoms with Crippen molar-refractivity contribution >= 4 is 38.5 Å². The van der Waals surface area contributed by atoms with Gasteiger partial charge in [-0.25, -0.2) is 4.79 Å². The summed E-state index contributed by atoms with van der Waals surface area (Å²) in [4.78, 5) is 22.3.